The molecule has 20 heavy (non-hydrogen) atoms. The van der Waals surface area contributed by atoms with Gasteiger partial charge in [0, 0.05) is 26.1 Å². The van der Waals surface area contributed by atoms with E-state index in [1.54, 1.807) is 11.9 Å². The number of hydrogen-bond donors (Lipinski definition) is 1. The topological polar surface area (TPSA) is 52.7 Å². The molecule has 2 rings (SSSR count). The van der Waals surface area contributed by atoms with E-state index in [4.69, 9.17) is 0 Å². The zero-order chi connectivity index (χ0) is 14.7. The van der Waals surface area contributed by atoms with E-state index in [1.807, 2.05) is 0 Å². The summed E-state index contributed by atoms with van der Waals surface area (Å²) in [6.45, 7) is 7.35. The minimum atomic E-state index is -0.289. The molecule has 0 aliphatic carbocycles. The van der Waals surface area contributed by atoms with Crippen molar-refractivity contribution >= 4 is 11.8 Å². The van der Waals surface area contributed by atoms with Gasteiger partial charge in [0.2, 0.25) is 11.8 Å². The highest BCUT2D eigenvalue weighted by Crippen LogP contribution is 2.22. The van der Waals surface area contributed by atoms with Crippen LogP contribution in [0.15, 0.2) is 0 Å². The second-order valence-corrected chi connectivity index (χ2v) is 6.45. The lowest BCUT2D eigenvalue weighted by atomic mass is 9.92. The molecule has 1 atom stereocenters. The number of hydrogen-bond acceptors (Lipinski definition) is 3. The first-order valence-corrected chi connectivity index (χ1v) is 7.75. The molecule has 1 unspecified atom stereocenters. The fourth-order valence-corrected chi connectivity index (χ4v) is 3.15. The van der Waals surface area contributed by atoms with Crippen LogP contribution < -0.4 is 5.32 Å². The van der Waals surface area contributed by atoms with Gasteiger partial charge in [-0.1, -0.05) is 0 Å². The van der Waals surface area contributed by atoms with E-state index in [0.29, 0.717) is 18.4 Å². The Balaban J connectivity index is 1.72. The summed E-state index contributed by atoms with van der Waals surface area (Å²) in [7, 11) is 1.79. The van der Waals surface area contributed by atoms with Crippen molar-refractivity contribution in [3.63, 3.8) is 0 Å². The summed E-state index contributed by atoms with van der Waals surface area (Å²) in [5.41, 5.74) is 0. The lowest BCUT2D eigenvalue weighted by Gasteiger charge is -2.34. The first-order chi connectivity index (χ1) is 9.47. The molecule has 1 N–H and O–H groups in total. The van der Waals surface area contributed by atoms with E-state index >= 15 is 0 Å². The van der Waals surface area contributed by atoms with Crippen molar-refractivity contribution in [3.8, 4) is 0 Å². The number of carbonyl (C=O) groups excluding carboxylic acids is 2. The van der Waals surface area contributed by atoms with E-state index in [2.05, 4.69) is 24.1 Å². The molecular weight excluding hydrogens is 254 g/mol. The zero-order valence-electron chi connectivity index (χ0n) is 12.9. The minimum Gasteiger partial charge on any atom is -0.344 e. The van der Waals surface area contributed by atoms with Crippen LogP contribution in [-0.2, 0) is 9.59 Å². The summed E-state index contributed by atoms with van der Waals surface area (Å²) in [6.07, 6.45) is 3.49. The van der Waals surface area contributed by atoms with Crippen molar-refractivity contribution < 1.29 is 9.59 Å². The molecule has 0 spiro atoms. The SMILES string of the molecule is CC(C)N1CCC(CC(=O)NC2CCN(C)C2=O)CC1. The normalized spacial score (nSPS) is 25.5. The second-order valence-electron chi connectivity index (χ2n) is 6.45. The number of nitrogens with zero attached hydrogens (tertiary/aromatic N) is 2. The Labute approximate surface area is 121 Å². The maximum atomic E-state index is 12.0. The highest BCUT2D eigenvalue weighted by atomic mass is 16.2. The number of rotatable bonds is 4. The largest absolute Gasteiger partial charge is 0.344 e. The lowest BCUT2D eigenvalue weighted by Crippen LogP contribution is -2.43. The summed E-state index contributed by atoms with van der Waals surface area (Å²) in [4.78, 5) is 27.9. The van der Waals surface area contributed by atoms with Crippen molar-refractivity contribution in [2.75, 3.05) is 26.7 Å². The van der Waals surface area contributed by atoms with Crippen LogP contribution in [0.25, 0.3) is 0 Å². The van der Waals surface area contributed by atoms with Gasteiger partial charge in [-0.2, -0.15) is 0 Å². The van der Waals surface area contributed by atoms with Gasteiger partial charge in [0.15, 0.2) is 0 Å². The molecular formula is C15H27N3O2. The monoisotopic (exact) mass is 281 g/mol. The first kappa shape index (κ1) is 15.3. The predicted octanol–water partition coefficient (Wildman–Crippen LogP) is 0.844. The third-order valence-corrected chi connectivity index (χ3v) is 4.62. The van der Waals surface area contributed by atoms with E-state index in [0.717, 1.165) is 38.9 Å². The number of carbonyl (C=O) groups is 2. The molecule has 0 radical (unpaired) electrons. The van der Waals surface area contributed by atoms with Gasteiger partial charge in [-0.05, 0) is 52.1 Å². The highest BCUT2D eigenvalue weighted by Gasteiger charge is 2.31. The van der Waals surface area contributed by atoms with Gasteiger partial charge in [-0.3, -0.25) is 9.59 Å². The van der Waals surface area contributed by atoms with Crippen LogP contribution in [0, 0.1) is 5.92 Å². The number of nitrogens with one attached hydrogen (secondary N) is 1. The minimum absolute atomic E-state index is 0.0432. The summed E-state index contributed by atoms with van der Waals surface area (Å²) in [6, 6.07) is 0.305. The van der Waals surface area contributed by atoms with Gasteiger partial charge in [-0.25, -0.2) is 0 Å². The van der Waals surface area contributed by atoms with E-state index in [1.165, 1.54) is 0 Å². The van der Waals surface area contributed by atoms with Crippen molar-refractivity contribution in [1.82, 2.24) is 15.1 Å². The van der Waals surface area contributed by atoms with Crippen LogP contribution >= 0.6 is 0 Å². The highest BCUT2D eigenvalue weighted by molar-refractivity contribution is 5.89. The van der Waals surface area contributed by atoms with Gasteiger partial charge in [-0.15, -0.1) is 0 Å². The Kier molecular flexibility index (Phi) is 5.02. The number of likely N-dealkylation sites (tertiary alicyclic amines) is 2. The molecule has 114 valence electrons. The van der Waals surface area contributed by atoms with Gasteiger partial charge < -0.3 is 15.1 Å². The molecule has 2 heterocycles. The van der Waals surface area contributed by atoms with Crippen LogP contribution in [0.3, 0.4) is 0 Å². The number of amides is 2. The quantitative estimate of drug-likeness (QED) is 0.831. The molecule has 5 nitrogen and oxygen atoms in total. The van der Waals surface area contributed by atoms with Crippen LogP contribution in [0.4, 0.5) is 0 Å². The van der Waals surface area contributed by atoms with Gasteiger partial charge >= 0.3 is 0 Å². The Hall–Kier alpha value is -1.10. The van der Waals surface area contributed by atoms with Crippen LogP contribution in [0.2, 0.25) is 0 Å². The summed E-state index contributed by atoms with van der Waals surface area (Å²) in [5.74, 6) is 0.564. The molecule has 5 heteroatoms. The average Bonchev–Trinajstić information content (AvgIpc) is 2.71. The Morgan fingerprint density at radius 1 is 1.25 bits per heavy atom. The molecule has 2 aliphatic rings. The number of likely N-dealkylation sites (N-methyl/N-ethyl adjacent to an activating group) is 1. The van der Waals surface area contributed by atoms with Gasteiger partial charge in [0.25, 0.3) is 0 Å². The fraction of sp³-hybridized carbons (Fsp3) is 0.867. The summed E-state index contributed by atoms with van der Waals surface area (Å²) in [5, 5.41) is 2.90. The lowest BCUT2D eigenvalue weighted by molar-refractivity contribution is -0.132. The molecule has 2 fully saturated rings. The van der Waals surface area contributed by atoms with Crippen LogP contribution in [0.1, 0.15) is 39.5 Å². The summed E-state index contributed by atoms with van der Waals surface area (Å²) < 4.78 is 0. The molecule has 2 amide bonds. The molecule has 0 bridgehead atoms. The van der Waals surface area contributed by atoms with E-state index < -0.39 is 0 Å². The maximum Gasteiger partial charge on any atom is 0.244 e. The Morgan fingerprint density at radius 2 is 1.90 bits per heavy atom. The van der Waals surface area contributed by atoms with Crippen molar-refractivity contribution in [3.05, 3.63) is 0 Å². The third-order valence-electron chi connectivity index (χ3n) is 4.62. The Morgan fingerprint density at radius 3 is 2.40 bits per heavy atom. The molecule has 0 aromatic rings. The molecule has 2 saturated heterocycles. The van der Waals surface area contributed by atoms with Crippen molar-refractivity contribution in [2.24, 2.45) is 5.92 Å². The van der Waals surface area contributed by atoms with E-state index in [9.17, 15) is 9.59 Å². The van der Waals surface area contributed by atoms with E-state index in [-0.39, 0.29) is 17.9 Å². The average molecular weight is 281 g/mol. The second kappa shape index (κ2) is 6.57. The third kappa shape index (κ3) is 3.72. The van der Waals surface area contributed by atoms with Gasteiger partial charge in [0.1, 0.15) is 6.04 Å². The van der Waals surface area contributed by atoms with Crippen LogP contribution in [-0.4, -0.2) is 60.4 Å². The smallest absolute Gasteiger partial charge is 0.244 e. The molecule has 0 saturated carbocycles. The molecule has 2 aliphatic heterocycles. The standard InChI is InChI=1S/C15H27N3O2/c1-11(2)18-8-4-12(5-9-18)10-14(19)16-13-6-7-17(3)15(13)20/h11-13H,4-10H2,1-3H3,(H,16,19). The summed E-state index contributed by atoms with van der Waals surface area (Å²) >= 11 is 0. The predicted molar refractivity (Wildman–Crippen MR) is 78.2 cm³/mol. The number of piperidine rings is 1. The van der Waals surface area contributed by atoms with Crippen molar-refractivity contribution in [2.45, 2.75) is 51.6 Å². The zero-order valence-corrected chi connectivity index (χ0v) is 12.9. The van der Waals surface area contributed by atoms with Crippen LogP contribution in [0.5, 0.6) is 0 Å². The first-order valence-electron chi connectivity index (χ1n) is 7.75. The molecule has 0 aromatic heterocycles. The Bertz CT molecular complexity index is 362. The fourth-order valence-electron chi connectivity index (χ4n) is 3.15. The van der Waals surface area contributed by atoms with Gasteiger partial charge in [0.05, 0.1) is 0 Å². The maximum absolute atomic E-state index is 12.0. The van der Waals surface area contributed by atoms with Crippen molar-refractivity contribution in [1.29, 1.82) is 0 Å². The molecule has 0 aromatic carbocycles.